The molecule has 0 saturated carbocycles. The van der Waals surface area contributed by atoms with E-state index in [1.807, 2.05) is 0 Å². The molecule has 0 unspecified atom stereocenters. The van der Waals surface area contributed by atoms with Gasteiger partial charge in [-0.05, 0) is 12.1 Å². The van der Waals surface area contributed by atoms with Gasteiger partial charge < -0.3 is 6.15 Å². The number of alkyl halides is 3. The standard InChI is InChI=1S/C7H5F3O3S.H3N/c8-7(9,10)13-14(11,12)6-4-2-1-3-5-6;/h1-5H;1H3. The second kappa shape index (κ2) is 4.60. The Bertz CT molecular complexity index is 401. The first-order chi connectivity index (χ1) is 6.31. The first kappa shape index (κ1) is 13.9. The molecule has 15 heavy (non-hydrogen) atoms. The predicted molar refractivity (Wildman–Crippen MR) is 45.8 cm³/mol. The quantitative estimate of drug-likeness (QED) is 0.806. The van der Waals surface area contributed by atoms with Crippen LogP contribution in [0.15, 0.2) is 35.2 Å². The fraction of sp³-hybridized carbons (Fsp3) is 0.143. The number of hydrogen-bond donors (Lipinski definition) is 1. The van der Waals surface area contributed by atoms with Gasteiger partial charge in [0, 0.05) is 0 Å². The van der Waals surface area contributed by atoms with E-state index >= 15 is 0 Å². The van der Waals surface area contributed by atoms with Crippen molar-refractivity contribution >= 4 is 10.1 Å². The van der Waals surface area contributed by atoms with Gasteiger partial charge in [-0.15, -0.1) is 13.2 Å². The van der Waals surface area contributed by atoms with Crippen LogP contribution in [0.2, 0.25) is 0 Å². The van der Waals surface area contributed by atoms with Crippen LogP contribution < -0.4 is 6.15 Å². The summed E-state index contributed by atoms with van der Waals surface area (Å²) < 4.78 is 59.7. The van der Waals surface area contributed by atoms with E-state index in [1.54, 1.807) is 0 Å². The van der Waals surface area contributed by atoms with Gasteiger partial charge in [0.15, 0.2) is 0 Å². The van der Waals surface area contributed by atoms with Gasteiger partial charge in [-0.1, -0.05) is 18.2 Å². The maximum atomic E-state index is 11.6. The molecule has 4 nitrogen and oxygen atoms in total. The third-order valence-electron chi connectivity index (χ3n) is 1.24. The zero-order chi connectivity index (χ0) is 10.8. The first-order valence-electron chi connectivity index (χ1n) is 3.39. The van der Waals surface area contributed by atoms with Crippen LogP contribution in [0, 0.1) is 0 Å². The van der Waals surface area contributed by atoms with Crippen molar-refractivity contribution in [3.63, 3.8) is 0 Å². The molecule has 0 aliphatic rings. The third-order valence-corrected chi connectivity index (χ3v) is 2.49. The summed E-state index contributed by atoms with van der Waals surface area (Å²) in [6.07, 6.45) is -5.20. The van der Waals surface area contributed by atoms with Crippen LogP contribution >= 0.6 is 0 Å². The lowest BCUT2D eigenvalue weighted by Crippen LogP contribution is -2.19. The Morgan fingerprint density at radius 1 is 1.07 bits per heavy atom. The van der Waals surface area contributed by atoms with Gasteiger partial charge >= 0.3 is 16.5 Å². The molecule has 1 aromatic rings. The molecule has 0 bridgehead atoms. The van der Waals surface area contributed by atoms with Gasteiger partial charge in [0.25, 0.3) is 0 Å². The molecule has 0 atom stereocenters. The highest BCUT2D eigenvalue weighted by molar-refractivity contribution is 7.86. The van der Waals surface area contributed by atoms with Gasteiger partial charge in [0.05, 0.1) is 4.90 Å². The number of hydrogen-bond acceptors (Lipinski definition) is 4. The second-order valence-electron chi connectivity index (χ2n) is 2.30. The molecule has 0 aliphatic heterocycles. The van der Waals surface area contributed by atoms with Crippen molar-refractivity contribution in [2.75, 3.05) is 0 Å². The van der Waals surface area contributed by atoms with Crippen LogP contribution in [0.3, 0.4) is 0 Å². The van der Waals surface area contributed by atoms with Crippen molar-refractivity contribution in [2.24, 2.45) is 0 Å². The molecule has 0 radical (unpaired) electrons. The van der Waals surface area contributed by atoms with Crippen LogP contribution in [0.5, 0.6) is 0 Å². The summed E-state index contributed by atoms with van der Waals surface area (Å²) in [5.74, 6) is 0. The highest BCUT2D eigenvalue weighted by Crippen LogP contribution is 2.23. The third kappa shape index (κ3) is 4.28. The van der Waals surface area contributed by atoms with E-state index in [-0.39, 0.29) is 6.15 Å². The van der Waals surface area contributed by atoms with Gasteiger partial charge in [0.2, 0.25) is 0 Å². The molecule has 3 N–H and O–H groups in total. The van der Waals surface area contributed by atoms with Gasteiger partial charge in [-0.2, -0.15) is 12.6 Å². The molecule has 0 aliphatic carbocycles. The zero-order valence-corrected chi connectivity index (χ0v) is 8.18. The summed E-state index contributed by atoms with van der Waals surface area (Å²) >= 11 is 0. The average molecular weight is 243 g/mol. The van der Waals surface area contributed by atoms with Crippen molar-refractivity contribution in [2.45, 2.75) is 11.3 Å². The van der Waals surface area contributed by atoms with E-state index in [9.17, 15) is 21.6 Å². The summed E-state index contributed by atoms with van der Waals surface area (Å²) in [5.41, 5.74) is 0. The van der Waals surface area contributed by atoms with E-state index < -0.39 is 21.4 Å². The minimum Gasteiger partial charge on any atom is -0.344 e. The number of rotatable bonds is 2. The smallest absolute Gasteiger partial charge is 0.344 e. The lowest BCUT2D eigenvalue weighted by atomic mass is 10.4. The maximum absolute atomic E-state index is 11.6. The lowest BCUT2D eigenvalue weighted by molar-refractivity contribution is -0.271. The van der Waals surface area contributed by atoms with Crippen LogP contribution in [0.4, 0.5) is 13.2 Å². The molecule has 0 aromatic heterocycles. The fourth-order valence-corrected chi connectivity index (χ4v) is 1.60. The maximum Gasteiger partial charge on any atom is 0.537 e. The molecule has 0 saturated heterocycles. The van der Waals surface area contributed by atoms with Crippen molar-refractivity contribution in [1.29, 1.82) is 0 Å². The van der Waals surface area contributed by atoms with E-state index in [4.69, 9.17) is 0 Å². The second-order valence-corrected chi connectivity index (χ2v) is 3.84. The van der Waals surface area contributed by atoms with Gasteiger partial charge in [0.1, 0.15) is 0 Å². The highest BCUT2D eigenvalue weighted by Gasteiger charge is 2.37. The molecular weight excluding hydrogens is 235 g/mol. The summed E-state index contributed by atoms with van der Waals surface area (Å²) in [6.45, 7) is 0. The van der Waals surface area contributed by atoms with E-state index in [1.165, 1.54) is 18.2 Å². The monoisotopic (exact) mass is 243 g/mol. The van der Waals surface area contributed by atoms with E-state index in [0.717, 1.165) is 12.1 Å². The number of halogens is 3. The minimum atomic E-state index is -5.20. The Morgan fingerprint density at radius 2 is 1.53 bits per heavy atom. The number of benzene rings is 1. The van der Waals surface area contributed by atoms with Gasteiger partial charge in [-0.25, -0.2) is 0 Å². The van der Waals surface area contributed by atoms with Crippen LogP contribution in [-0.4, -0.2) is 14.8 Å². The Kier molecular flexibility index (Phi) is 4.26. The molecule has 1 rings (SSSR count). The zero-order valence-electron chi connectivity index (χ0n) is 7.36. The molecule has 0 heterocycles. The molecule has 8 heteroatoms. The average Bonchev–Trinajstić information content (AvgIpc) is 2.01. The van der Waals surface area contributed by atoms with Crippen LogP contribution in [-0.2, 0) is 14.3 Å². The van der Waals surface area contributed by atoms with E-state index in [2.05, 4.69) is 4.18 Å². The summed E-state index contributed by atoms with van der Waals surface area (Å²) in [6, 6.07) is 6.11. The molecule has 0 spiro atoms. The Hall–Kier alpha value is -1.12. The summed E-state index contributed by atoms with van der Waals surface area (Å²) in [5, 5.41) is 0. The lowest BCUT2D eigenvalue weighted by Gasteiger charge is -2.07. The van der Waals surface area contributed by atoms with Crippen molar-refractivity contribution in [3.05, 3.63) is 30.3 Å². The summed E-state index contributed by atoms with van der Waals surface area (Å²) in [7, 11) is -4.74. The highest BCUT2D eigenvalue weighted by atomic mass is 32.2. The SMILES string of the molecule is N.O=S(=O)(OC(F)(F)F)c1ccccc1. The van der Waals surface area contributed by atoms with Crippen LogP contribution in [0.1, 0.15) is 0 Å². The Morgan fingerprint density at radius 3 is 1.93 bits per heavy atom. The van der Waals surface area contributed by atoms with Crippen molar-refractivity contribution in [3.8, 4) is 0 Å². The Labute approximate surface area is 84.4 Å². The normalized spacial score (nSPS) is 11.9. The van der Waals surface area contributed by atoms with E-state index in [0.29, 0.717) is 0 Å². The van der Waals surface area contributed by atoms with Crippen molar-refractivity contribution in [1.82, 2.24) is 6.15 Å². The Balaban J connectivity index is 0.00000196. The largest absolute Gasteiger partial charge is 0.537 e. The minimum absolute atomic E-state index is 0. The van der Waals surface area contributed by atoms with Crippen LogP contribution in [0.25, 0.3) is 0 Å². The molecule has 0 amide bonds. The first-order valence-corrected chi connectivity index (χ1v) is 4.79. The topological polar surface area (TPSA) is 78.4 Å². The fourth-order valence-electron chi connectivity index (χ4n) is 0.760. The molecular formula is C7H8F3NO3S. The molecule has 86 valence electrons. The predicted octanol–water partition coefficient (Wildman–Crippen LogP) is 2.07. The van der Waals surface area contributed by atoms with Gasteiger partial charge in [-0.3, -0.25) is 0 Å². The molecule has 1 aromatic carbocycles. The molecule has 0 fully saturated rings. The van der Waals surface area contributed by atoms with Crippen molar-refractivity contribution < 1.29 is 25.8 Å². The summed E-state index contributed by atoms with van der Waals surface area (Å²) in [4.78, 5) is -0.530.